The quantitative estimate of drug-likeness (QED) is 0.326. The van der Waals surface area contributed by atoms with E-state index in [4.69, 9.17) is 4.74 Å². The minimum atomic E-state index is -1.25. The summed E-state index contributed by atoms with van der Waals surface area (Å²) in [5.74, 6) is -0.497. The second kappa shape index (κ2) is 16.1. The van der Waals surface area contributed by atoms with Crippen molar-refractivity contribution in [2.24, 2.45) is 0 Å². The maximum absolute atomic E-state index is 12.9. The van der Waals surface area contributed by atoms with E-state index in [1.54, 1.807) is 6.92 Å². The minimum absolute atomic E-state index is 0.0535. The van der Waals surface area contributed by atoms with E-state index in [1.165, 1.54) is 0 Å². The summed E-state index contributed by atoms with van der Waals surface area (Å²) < 4.78 is 5.23. The Bertz CT molecular complexity index is 681. The van der Waals surface area contributed by atoms with Crippen molar-refractivity contribution < 1.29 is 19.1 Å². The van der Waals surface area contributed by atoms with E-state index in [0.717, 1.165) is 56.9 Å². The van der Waals surface area contributed by atoms with Gasteiger partial charge in [-0.05, 0) is 25.3 Å². The van der Waals surface area contributed by atoms with E-state index in [1.807, 2.05) is 30.3 Å². The normalized spacial score (nSPS) is 12.5. The average Bonchev–Trinajstić information content (AvgIpc) is 2.79. The van der Waals surface area contributed by atoms with Crippen LogP contribution in [0.15, 0.2) is 30.3 Å². The number of carbonyl (C=O) groups excluding carboxylic acids is 3. The Hall–Kier alpha value is -2.57. The minimum Gasteiger partial charge on any atom is -0.445 e. The molecule has 0 unspecified atom stereocenters. The zero-order valence-corrected chi connectivity index (χ0v) is 20.0. The standard InChI is InChI=1S/C25H41N3O4/c1-4-6-8-13-17-22(29)28-25(3,23(30)26-18-14-9-7-5-2)20-27-24(31)32-19-21-15-11-10-12-16-21/h10-12,15-16H,4-9,13-14,17-20H2,1-3H3,(H,26,30)(H,27,31)(H,28,29)/t25-/m1/s1. The Morgan fingerprint density at radius 3 is 2.19 bits per heavy atom. The summed E-state index contributed by atoms with van der Waals surface area (Å²) in [6.45, 7) is 6.51. The first-order chi connectivity index (χ1) is 15.4. The van der Waals surface area contributed by atoms with Gasteiger partial charge in [-0.2, -0.15) is 0 Å². The fourth-order valence-corrected chi connectivity index (χ4v) is 3.24. The van der Waals surface area contributed by atoms with Crippen molar-refractivity contribution in [1.82, 2.24) is 16.0 Å². The zero-order chi connectivity index (χ0) is 23.7. The van der Waals surface area contributed by atoms with E-state index in [2.05, 4.69) is 29.8 Å². The Labute approximate surface area is 193 Å². The molecule has 0 saturated carbocycles. The van der Waals surface area contributed by atoms with Gasteiger partial charge in [0.15, 0.2) is 0 Å². The lowest BCUT2D eigenvalue weighted by Gasteiger charge is -2.30. The second-order valence-corrected chi connectivity index (χ2v) is 8.42. The van der Waals surface area contributed by atoms with Crippen LogP contribution in [-0.4, -0.2) is 36.5 Å². The predicted molar refractivity (Wildman–Crippen MR) is 127 cm³/mol. The molecule has 0 saturated heterocycles. The molecule has 1 rings (SSSR count). The molecule has 180 valence electrons. The van der Waals surface area contributed by atoms with Gasteiger partial charge in [0.05, 0.1) is 6.54 Å². The van der Waals surface area contributed by atoms with Gasteiger partial charge in [0.2, 0.25) is 11.8 Å². The van der Waals surface area contributed by atoms with Gasteiger partial charge in [0.1, 0.15) is 12.1 Å². The van der Waals surface area contributed by atoms with Crippen molar-refractivity contribution in [2.75, 3.05) is 13.1 Å². The third-order valence-corrected chi connectivity index (χ3v) is 5.29. The van der Waals surface area contributed by atoms with Crippen LogP contribution in [0.25, 0.3) is 0 Å². The third kappa shape index (κ3) is 11.7. The molecule has 1 aromatic rings. The molecule has 1 atom stereocenters. The summed E-state index contributed by atoms with van der Waals surface area (Å²) in [6.07, 6.45) is 7.83. The van der Waals surface area contributed by atoms with Gasteiger partial charge in [-0.3, -0.25) is 9.59 Å². The smallest absolute Gasteiger partial charge is 0.407 e. The second-order valence-electron chi connectivity index (χ2n) is 8.42. The highest BCUT2D eigenvalue weighted by Crippen LogP contribution is 2.08. The van der Waals surface area contributed by atoms with Crippen LogP contribution in [-0.2, 0) is 20.9 Å². The van der Waals surface area contributed by atoms with E-state index < -0.39 is 11.6 Å². The van der Waals surface area contributed by atoms with E-state index in [0.29, 0.717) is 13.0 Å². The SMILES string of the molecule is CCCCCCNC(=O)[C@@](C)(CNC(=O)OCc1ccccc1)NC(=O)CCCCCC. The van der Waals surface area contributed by atoms with E-state index in [9.17, 15) is 14.4 Å². The molecule has 7 heteroatoms. The number of nitrogens with one attached hydrogen (secondary N) is 3. The van der Waals surface area contributed by atoms with Crippen LogP contribution in [0.5, 0.6) is 0 Å². The predicted octanol–water partition coefficient (Wildman–Crippen LogP) is 4.45. The van der Waals surface area contributed by atoms with Gasteiger partial charge in [0.25, 0.3) is 0 Å². The number of hydrogen-bond acceptors (Lipinski definition) is 4. The van der Waals surface area contributed by atoms with Gasteiger partial charge in [-0.1, -0.05) is 82.7 Å². The van der Waals surface area contributed by atoms with Crippen LogP contribution >= 0.6 is 0 Å². The molecule has 1 aromatic carbocycles. The lowest BCUT2D eigenvalue weighted by atomic mass is 10.00. The van der Waals surface area contributed by atoms with Crippen LogP contribution < -0.4 is 16.0 Å². The van der Waals surface area contributed by atoms with Crippen molar-refractivity contribution >= 4 is 17.9 Å². The van der Waals surface area contributed by atoms with Gasteiger partial charge in [-0.25, -0.2) is 4.79 Å². The first-order valence-corrected chi connectivity index (χ1v) is 11.9. The molecular formula is C25H41N3O4. The molecule has 0 aliphatic heterocycles. The maximum atomic E-state index is 12.9. The molecule has 0 aromatic heterocycles. The zero-order valence-electron chi connectivity index (χ0n) is 20.0. The molecule has 3 amide bonds. The molecule has 0 aliphatic carbocycles. The van der Waals surface area contributed by atoms with E-state index in [-0.39, 0.29) is 25.0 Å². The largest absolute Gasteiger partial charge is 0.445 e. The molecule has 0 heterocycles. The lowest BCUT2D eigenvalue weighted by Crippen LogP contribution is -2.62. The number of hydrogen-bond donors (Lipinski definition) is 3. The third-order valence-electron chi connectivity index (χ3n) is 5.29. The molecule has 7 nitrogen and oxygen atoms in total. The number of ether oxygens (including phenoxy) is 1. The van der Waals surface area contributed by atoms with Crippen LogP contribution in [0.3, 0.4) is 0 Å². The van der Waals surface area contributed by atoms with Crippen LogP contribution in [0.4, 0.5) is 4.79 Å². The average molecular weight is 448 g/mol. The fourth-order valence-electron chi connectivity index (χ4n) is 3.24. The van der Waals surface area contributed by atoms with Crippen LogP contribution in [0, 0.1) is 0 Å². The number of carbonyl (C=O) groups is 3. The highest BCUT2D eigenvalue weighted by atomic mass is 16.5. The molecule has 3 N–H and O–H groups in total. The molecule has 0 bridgehead atoms. The van der Waals surface area contributed by atoms with E-state index >= 15 is 0 Å². The Morgan fingerprint density at radius 2 is 1.53 bits per heavy atom. The number of amides is 3. The van der Waals surface area contributed by atoms with Crippen molar-refractivity contribution in [3.8, 4) is 0 Å². The van der Waals surface area contributed by atoms with Gasteiger partial charge in [0, 0.05) is 13.0 Å². The first kappa shape index (κ1) is 27.5. The molecule has 0 aliphatic rings. The molecule has 32 heavy (non-hydrogen) atoms. The topological polar surface area (TPSA) is 96.5 Å². The molecular weight excluding hydrogens is 406 g/mol. The number of benzene rings is 1. The molecule has 0 spiro atoms. The maximum Gasteiger partial charge on any atom is 0.407 e. The summed E-state index contributed by atoms with van der Waals surface area (Å²) in [7, 11) is 0. The monoisotopic (exact) mass is 447 g/mol. The highest BCUT2D eigenvalue weighted by molar-refractivity contribution is 5.91. The number of alkyl carbamates (subject to hydrolysis) is 1. The Morgan fingerprint density at radius 1 is 0.875 bits per heavy atom. The van der Waals surface area contributed by atoms with Gasteiger partial charge >= 0.3 is 6.09 Å². The van der Waals surface area contributed by atoms with Crippen molar-refractivity contribution in [3.05, 3.63) is 35.9 Å². The first-order valence-electron chi connectivity index (χ1n) is 11.9. The van der Waals surface area contributed by atoms with Gasteiger partial charge in [-0.15, -0.1) is 0 Å². The summed E-state index contributed by atoms with van der Waals surface area (Å²) in [4.78, 5) is 37.5. The van der Waals surface area contributed by atoms with Crippen molar-refractivity contribution in [3.63, 3.8) is 0 Å². The number of unbranched alkanes of at least 4 members (excludes halogenated alkanes) is 6. The van der Waals surface area contributed by atoms with Crippen molar-refractivity contribution in [1.29, 1.82) is 0 Å². The van der Waals surface area contributed by atoms with Crippen LogP contribution in [0.1, 0.15) is 84.1 Å². The Kier molecular flexibility index (Phi) is 13.8. The summed E-state index contributed by atoms with van der Waals surface area (Å²) in [5, 5.41) is 8.36. The summed E-state index contributed by atoms with van der Waals surface area (Å²) >= 11 is 0. The summed E-state index contributed by atoms with van der Waals surface area (Å²) in [5.41, 5.74) is -0.381. The van der Waals surface area contributed by atoms with Crippen molar-refractivity contribution in [2.45, 2.75) is 90.7 Å². The summed E-state index contributed by atoms with van der Waals surface area (Å²) in [6, 6.07) is 9.36. The molecule has 0 fully saturated rings. The molecule has 0 radical (unpaired) electrons. The number of rotatable bonds is 16. The highest BCUT2D eigenvalue weighted by Gasteiger charge is 2.35. The van der Waals surface area contributed by atoms with Gasteiger partial charge < -0.3 is 20.7 Å². The Balaban J connectivity index is 2.61. The van der Waals surface area contributed by atoms with Crippen LogP contribution in [0.2, 0.25) is 0 Å². The fraction of sp³-hybridized carbons (Fsp3) is 0.640. The lowest BCUT2D eigenvalue weighted by molar-refractivity contribution is -0.132.